The maximum absolute atomic E-state index is 11.1. The van der Waals surface area contributed by atoms with Gasteiger partial charge in [0.25, 0.3) is 0 Å². The van der Waals surface area contributed by atoms with Gasteiger partial charge in [0.05, 0.1) is 0 Å². The number of primary amides is 1. The summed E-state index contributed by atoms with van der Waals surface area (Å²) in [5, 5.41) is 0. The molecule has 1 aromatic carbocycles. The van der Waals surface area contributed by atoms with Crippen molar-refractivity contribution in [3.63, 3.8) is 0 Å². The van der Waals surface area contributed by atoms with Crippen molar-refractivity contribution in [2.75, 3.05) is 0 Å². The Morgan fingerprint density at radius 3 is 2.69 bits per heavy atom. The minimum Gasteiger partial charge on any atom is -0.369 e. The van der Waals surface area contributed by atoms with E-state index in [1.54, 1.807) is 0 Å². The van der Waals surface area contributed by atoms with Gasteiger partial charge in [0.15, 0.2) is 0 Å². The van der Waals surface area contributed by atoms with E-state index in [0.717, 1.165) is 18.3 Å². The fourth-order valence-corrected chi connectivity index (χ4v) is 1.68. The maximum Gasteiger partial charge on any atom is 0.221 e. The van der Waals surface area contributed by atoms with Crippen LogP contribution in [0.15, 0.2) is 24.3 Å². The molecule has 3 heteroatoms. The standard InChI is InChI=1S/C13H17NO2/c1-2-10-4-3-5-11(8-10)9-12(6-7-15)13(14)16/h3-5,7-8,12H,2,6,9H2,1H3,(H2,14,16). The Labute approximate surface area is 95.6 Å². The van der Waals surface area contributed by atoms with Crippen molar-refractivity contribution in [1.29, 1.82) is 0 Å². The molecule has 86 valence electrons. The van der Waals surface area contributed by atoms with E-state index in [9.17, 15) is 9.59 Å². The van der Waals surface area contributed by atoms with Crippen LogP contribution in [0.1, 0.15) is 24.5 Å². The van der Waals surface area contributed by atoms with Crippen LogP contribution in [0.5, 0.6) is 0 Å². The van der Waals surface area contributed by atoms with Gasteiger partial charge in [-0.05, 0) is 24.0 Å². The Morgan fingerprint density at radius 2 is 2.12 bits per heavy atom. The molecule has 0 aliphatic heterocycles. The molecule has 0 heterocycles. The van der Waals surface area contributed by atoms with Gasteiger partial charge in [-0.1, -0.05) is 31.2 Å². The second-order valence-electron chi connectivity index (χ2n) is 3.88. The van der Waals surface area contributed by atoms with E-state index in [1.165, 1.54) is 5.56 Å². The van der Waals surface area contributed by atoms with Crippen LogP contribution in [0.3, 0.4) is 0 Å². The highest BCUT2D eigenvalue weighted by Gasteiger charge is 2.15. The molecule has 0 fully saturated rings. The Balaban J connectivity index is 2.76. The van der Waals surface area contributed by atoms with Crippen LogP contribution in [0.25, 0.3) is 0 Å². The number of aldehydes is 1. The molecule has 0 spiro atoms. The summed E-state index contributed by atoms with van der Waals surface area (Å²) in [5.41, 5.74) is 7.53. The number of rotatable bonds is 6. The zero-order valence-electron chi connectivity index (χ0n) is 9.48. The van der Waals surface area contributed by atoms with Crippen molar-refractivity contribution in [3.8, 4) is 0 Å². The lowest BCUT2D eigenvalue weighted by atomic mass is 9.95. The molecule has 2 N–H and O–H groups in total. The molecule has 0 aliphatic rings. The number of carbonyl (C=O) groups is 2. The third-order valence-electron chi connectivity index (χ3n) is 2.66. The van der Waals surface area contributed by atoms with Gasteiger partial charge in [-0.15, -0.1) is 0 Å². The van der Waals surface area contributed by atoms with E-state index < -0.39 is 5.91 Å². The second-order valence-corrected chi connectivity index (χ2v) is 3.88. The molecule has 1 atom stereocenters. The van der Waals surface area contributed by atoms with Crippen LogP contribution in [-0.2, 0) is 22.4 Å². The van der Waals surface area contributed by atoms with Crippen molar-refractivity contribution in [3.05, 3.63) is 35.4 Å². The molecule has 1 aromatic rings. The maximum atomic E-state index is 11.1. The second kappa shape index (κ2) is 6.05. The lowest BCUT2D eigenvalue weighted by Gasteiger charge is -2.10. The lowest BCUT2D eigenvalue weighted by Crippen LogP contribution is -2.25. The average molecular weight is 219 g/mol. The monoisotopic (exact) mass is 219 g/mol. The molecule has 0 aromatic heterocycles. The predicted octanol–water partition coefficient (Wildman–Crippen LogP) is 1.48. The fraction of sp³-hybridized carbons (Fsp3) is 0.385. The molecule has 0 radical (unpaired) electrons. The third-order valence-corrected chi connectivity index (χ3v) is 2.66. The molecule has 0 aliphatic carbocycles. The highest BCUT2D eigenvalue weighted by atomic mass is 16.1. The van der Waals surface area contributed by atoms with E-state index >= 15 is 0 Å². The summed E-state index contributed by atoms with van der Waals surface area (Å²) in [7, 11) is 0. The van der Waals surface area contributed by atoms with Crippen molar-refractivity contribution < 1.29 is 9.59 Å². The summed E-state index contributed by atoms with van der Waals surface area (Å²) in [4.78, 5) is 21.5. The van der Waals surface area contributed by atoms with Gasteiger partial charge in [-0.2, -0.15) is 0 Å². The summed E-state index contributed by atoms with van der Waals surface area (Å²) in [5.74, 6) is -0.793. The molecule has 0 saturated heterocycles. The van der Waals surface area contributed by atoms with E-state index in [2.05, 4.69) is 13.0 Å². The molecular formula is C13H17NO2. The molecule has 0 bridgehead atoms. The minimum absolute atomic E-state index is 0.200. The van der Waals surface area contributed by atoms with Crippen LogP contribution in [-0.4, -0.2) is 12.2 Å². The third kappa shape index (κ3) is 3.50. The summed E-state index contributed by atoms with van der Waals surface area (Å²) >= 11 is 0. The Hall–Kier alpha value is -1.64. The van der Waals surface area contributed by atoms with E-state index in [4.69, 9.17) is 5.73 Å². The van der Waals surface area contributed by atoms with Gasteiger partial charge in [0.1, 0.15) is 6.29 Å². The van der Waals surface area contributed by atoms with Crippen LogP contribution >= 0.6 is 0 Å². The van der Waals surface area contributed by atoms with Crippen molar-refractivity contribution in [1.82, 2.24) is 0 Å². The first kappa shape index (κ1) is 12.4. The number of amides is 1. The van der Waals surface area contributed by atoms with Crippen LogP contribution < -0.4 is 5.73 Å². The first-order valence-corrected chi connectivity index (χ1v) is 5.48. The smallest absolute Gasteiger partial charge is 0.221 e. The van der Waals surface area contributed by atoms with Crippen LogP contribution in [0, 0.1) is 5.92 Å². The fourth-order valence-electron chi connectivity index (χ4n) is 1.68. The predicted molar refractivity (Wildman–Crippen MR) is 62.9 cm³/mol. The zero-order valence-corrected chi connectivity index (χ0v) is 9.48. The van der Waals surface area contributed by atoms with Crippen molar-refractivity contribution in [2.24, 2.45) is 11.7 Å². The molecule has 1 amide bonds. The first-order chi connectivity index (χ1) is 7.67. The van der Waals surface area contributed by atoms with Crippen LogP contribution in [0.2, 0.25) is 0 Å². The average Bonchev–Trinajstić information content (AvgIpc) is 2.28. The van der Waals surface area contributed by atoms with Crippen LogP contribution in [0.4, 0.5) is 0 Å². The van der Waals surface area contributed by atoms with Gasteiger partial charge in [0, 0.05) is 12.3 Å². The van der Waals surface area contributed by atoms with Gasteiger partial charge in [-0.3, -0.25) is 4.79 Å². The van der Waals surface area contributed by atoms with E-state index in [1.807, 2.05) is 18.2 Å². The van der Waals surface area contributed by atoms with Crippen molar-refractivity contribution in [2.45, 2.75) is 26.2 Å². The number of hydrogen-bond donors (Lipinski definition) is 1. The van der Waals surface area contributed by atoms with E-state index in [-0.39, 0.29) is 12.3 Å². The Morgan fingerprint density at radius 1 is 1.44 bits per heavy atom. The summed E-state index contributed by atoms with van der Waals surface area (Å²) in [6, 6.07) is 8.02. The molecular weight excluding hydrogens is 202 g/mol. The molecule has 16 heavy (non-hydrogen) atoms. The van der Waals surface area contributed by atoms with E-state index in [0.29, 0.717) is 6.42 Å². The number of nitrogens with two attached hydrogens (primary N) is 1. The quantitative estimate of drug-likeness (QED) is 0.737. The Bertz CT molecular complexity index is 374. The SMILES string of the molecule is CCc1cccc(CC(CC=O)C(N)=O)c1. The highest BCUT2D eigenvalue weighted by Crippen LogP contribution is 2.13. The molecule has 1 unspecified atom stereocenters. The number of benzene rings is 1. The van der Waals surface area contributed by atoms with Crippen molar-refractivity contribution >= 4 is 12.2 Å². The summed E-state index contributed by atoms with van der Waals surface area (Å²) < 4.78 is 0. The molecule has 1 rings (SSSR count). The van der Waals surface area contributed by atoms with Gasteiger partial charge >= 0.3 is 0 Å². The van der Waals surface area contributed by atoms with Gasteiger partial charge in [-0.25, -0.2) is 0 Å². The molecule has 3 nitrogen and oxygen atoms in total. The molecule has 0 saturated carbocycles. The van der Waals surface area contributed by atoms with Gasteiger partial charge in [0.2, 0.25) is 5.91 Å². The van der Waals surface area contributed by atoms with Gasteiger partial charge < -0.3 is 10.5 Å². The lowest BCUT2D eigenvalue weighted by molar-refractivity contribution is -0.124. The topological polar surface area (TPSA) is 60.2 Å². The highest BCUT2D eigenvalue weighted by molar-refractivity contribution is 5.79. The zero-order chi connectivity index (χ0) is 12.0. The minimum atomic E-state index is -0.408. The number of hydrogen-bond acceptors (Lipinski definition) is 2. The summed E-state index contributed by atoms with van der Waals surface area (Å²) in [6.45, 7) is 2.08. The largest absolute Gasteiger partial charge is 0.369 e. The first-order valence-electron chi connectivity index (χ1n) is 5.48. The number of aryl methyl sites for hydroxylation is 1. The summed E-state index contributed by atoms with van der Waals surface area (Å²) in [6.07, 6.45) is 2.45. The normalized spacial score (nSPS) is 12.1. The Kier molecular flexibility index (Phi) is 4.70. The number of carbonyl (C=O) groups excluding carboxylic acids is 2.